The van der Waals surface area contributed by atoms with Crippen molar-refractivity contribution in [3.63, 3.8) is 0 Å². The second kappa shape index (κ2) is 7.29. The van der Waals surface area contributed by atoms with Crippen molar-refractivity contribution in [2.24, 2.45) is 0 Å². The van der Waals surface area contributed by atoms with E-state index in [9.17, 15) is 0 Å². The van der Waals surface area contributed by atoms with Gasteiger partial charge in [0.2, 0.25) is 0 Å². The Labute approximate surface area is 222 Å². The topological polar surface area (TPSA) is 20.7 Å². The Morgan fingerprint density at radius 3 is 2.03 bits per heavy atom. The Kier molecular flexibility index (Phi) is 4.22. The highest BCUT2D eigenvalue weighted by atomic mass is 15.0. The molecule has 186 valence electrons. The molecule has 0 amide bonds. The van der Waals surface area contributed by atoms with Gasteiger partial charge in [-0.1, -0.05) is 76.2 Å². The number of rotatable bonds is 1. The van der Waals surface area contributed by atoms with E-state index in [2.05, 4.69) is 128 Å². The van der Waals surface area contributed by atoms with Crippen LogP contribution in [0.3, 0.4) is 0 Å². The quantitative estimate of drug-likeness (QED) is 0.235. The molecule has 38 heavy (non-hydrogen) atoms. The lowest BCUT2D eigenvalue weighted by Gasteiger charge is -2.42. The van der Waals surface area contributed by atoms with Gasteiger partial charge in [-0.25, -0.2) is 0 Å². The Morgan fingerprint density at radius 2 is 1.24 bits per heavy atom. The molecule has 0 fully saturated rings. The van der Waals surface area contributed by atoms with Crippen molar-refractivity contribution in [3.8, 4) is 5.69 Å². The smallest absolute Gasteiger partial charge is 0.0562 e. The average Bonchev–Trinajstić information content (AvgIpc) is 3.44. The Bertz CT molecular complexity index is 2070. The van der Waals surface area contributed by atoms with Crippen molar-refractivity contribution in [2.75, 3.05) is 0 Å². The molecule has 0 radical (unpaired) electrons. The third kappa shape index (κ3) is 2.89. The first-order valence-corrected chi connectivity index (χ1v) is 13.8. The van der Waals surface area contributed by atoms with Crippen LogP contribution in [-0.2, 0) is 10.8 Å². The van der Waals surface area contributed by atoms with E-state index in [0.717, 1.165) is 0 Å². The zero-order chi connectivity index (χ0) is 25.8. The van der Waals surface area contributed by atoms with E-state index in [4.69, 9.17) is 0 Å². The molecule has 1 aliphatic rings. The summed E-state index contributed by atoms with van der Waals surface area (Å²) in [5.41, 5.74) is 9.50. The molecule has 2 heterocycles. The van der Waals surface area contributed by atoms with Gasteiger partial charge in [0.15, 0.2) is 0 Å². The van der Waals surface area contributed by atoms with Crippen LogP contribution in [0.1, 0.15) is 51.7 Å². The van der Waals surface area contributed by atoms with E-state index in [1.54, 1.807) is 0 Å². The Morgan fingerprint density at radius 1 is 0.579 bits per heavy atom. The normalized spacial score (nSPS) is 16.6. The highest BCUT2D eigenvalue weighted by Gasteiger charge is 2.37. The fourth-order valence-corrected chi connectivity index (χ4v) is 7.10. The monoisotopic (exact) mass is 492 g/mol. The van der Waals surface area contributed by atoms with Crippen molar-refractivity contribution in [2.45, 2.75) is 51.4 Å². The maximum absolute atomic E-state index is 3.75. The van der Waals surface area contributed by atoms with Gasteiger partial charge in [-0.05, 0) is 88.0 Å². The highest BCUT2D eigenvalue weighted by molar-refractivity contribution is 6.24. The van der Waals surface area contributed by atoms with E-state index < -0.39 is 0 Å². The molecule has 0 saturated heterocycles. The van der Waals surface area contributed by atoms with Gasteiger partial charge < -0.3 is 9.55 Å². The summed E-state index contributed by atoms with van der Waals surface area (Å²) in [5, 5.41) is 7.89. The second-order valence-corrected chi connectivity index (χ2v) is 12.6. The van der Waals surface area contributed by atoms with E-state index in [0.29, 0.717) is 0 Å². The summed E-state index contributed by atoms with van der Waals surface area (Å²) in [6.45, 7) is 9.69. The van der Waals surface area contributed by atoms with E-state index in [-0.39, 0.29) is 10.8 Å². The van der Waals surface area contributed by atoms with Gasteiger partial charge >= 0.3 is 0 Å². The minimum Gasteiger partial charge on any atom is -0.354 e. The zero-order valence-corrected chi connectivity index (χ0v) is 22.5. The summed E-state index contributed by atoms with van der Waals surface area (Å²) in [5.74, 6) is 0. The summed E-state index contributed by atoms with van der Waals surface area (Å²) in [7, 11) is 0. The number of H-pyrrole nitrogens is 1. The van der Waals surface area contributed by atoms with Crippen LogP contribution >= 0.6 is 0 Å². The molecule has 1 N–H and O–H groups in total. The third-order valence-corrected chi connectivity index (χ3v) is 9.36. The molecule has 0 unspecified atom stereocenters. The first-order chi connectivity index (χ1) is 18.3. The summed E-state index contributed by atoms with van der Waals surface area (Å²) in [6.07, 6.45) is 2.43. The van der Waals surface area contributed by atoms with Crippen molar-refractivity contribution >= 4 is 54.4 Å². The Hall–Kier alpha value is -4.04. The number of benzene rings is 5. The van der Waals surface area contributed by atoms with Crippen LogP contribution in [0.2, 0.25) is 0 Å². The number of aromatic amines is 1. The zero-order valence-electron chi connectivity index (χ0n) is 22.5. The van der Waals surface area contributed by atoms with Gasteiger partial charge in [-0.15, -0.1) is 0 Å². The molecule has 0 spiro atoms. The molecule has 1 aliphatic carbocycles. The highest BCUT2D eigenvalue weighted by Crippen LogP contribution is 2.49. The van der Waals surface area contributed by atoms with Gasteiger partial charge in [0.05, 0.1) is 11.0 Å². The van der Waals surface area contributed by atoms with Gasteiger partial charge in [-0.2, -0.15) is 0 Å². The molecule has 2 aromatic heterocycles. The first-order valence-electron chi connectivity index (χ1n) is 13.8. The molecule has 0 bridgehead atoms. The van der Waals surface area contributed by atoms with Crippen LogP contribution in [0.4, 0.5) is 0 Å². The minimum atomic E-state index is 0.165. The molecule has 0 saturated carbocycles. The van der Waals surface area contributed by atoms with Gasteiger partial charge in [0.25, 0.3) is 0 Å². The van der Waals surface area contributed by atoms with Crippen LogP contribution < -0.4 is 0 Å². The fourth-order valence-electron chi connectivity index (χ4n) is 7.10. The minimum absolute atomic E-state index is 0.165. The summed E-state index contributed by atoms with van der Waals surface area (Å²) in [6, 6.07) is 33.9. The third-order valence-electron chi connectivity index (χ3n) is 9.36. The van der Waals surface area contributed by atoms with E-state index >= 15 is 0 Å². The molecule has 2 heteroatoms. The molecule has 2 nitrogen and oxygen atoms in total. The van der Waals surface area contributed by atoms with E-state index in [1.165, 1.54) is 84.0 Å². The van der Waals surface area contributed by atoms with Crippen LogP contribution in [0, 0.1) is 0 Å². The van der Waals surface area contributed by atoms with Crippen molar-refractivity contribution in [1.82, 2.24) is 9.55 Å². The molecule has 8 rings (SSSR count). The lowest BCUT2D eigenvalue weighted by molar-refractivity contribution is 0.332. The van der Waals surface area contributed by atoms with Crippen molar-refractivity contribution < 1.29 is 0 Å². The number of para-hydroxylation sites is 1. The molecule has 7 aromatic rings. The standard InChI is InChI=1S/C36H32N2/c1-35(2)16-17-36(3,4)29-20-32-26(19-28(29)35)25-18-27-31(21-33(25)38(32)23-11-6-5-7-12-23)37-30-15-14-22-10-8-9-13-24(22)34(27)30/h5-15,18-21,37H,16-17H2,1-4H3. The first kappa shape index (κ1) is 22.0. The molecular formula is C36H32N2. The SMILES string of the molecule is CC1(C)CCC(C)(C)c2cc3c(cc21)c1cc2c(cc1n3-c1ccccc1)[nH]c1ccc3ccccc3c12. The number of hydrogen-bond donors (Lipinski definition) is 1. The number of nitrogens with zero attached hydrogens (tertiary/aromatic N) is 1. The van der Waals surface area contributed by atoms with Crippen LogP contribution in [0.15, 0.2) is 91.0 Å². The summed E-state index contributed by atoms with van der Waals surface area (Å²) < 4.78 is 2.48. The molecule has 0 atom stereocenters. The van der Waals surface area contributed by atoms with E-state index in [1.807, 2.05) is 0 Å². The summed E-state index contributed by atoms with van der Waals surface area (Å²) in [4.78, 5) is 3.75. The van der Waals surface area contributed by atoms with Crippen LogP contribution in [-0.4, -0.2) is 9.55 Å². The maximum Gasteiger partial charge on any atom is 0.0562 e. The van der Waals surface area contributed by atoms with Crippen LogP contribution in [0.25, 0.3) is 60.1 Å². The molecule has 0 aliphatic heterocycles. The van der Waals surface area contributed by atoms with Crippen LogP contribution in [0.5, 0.6) is 0 Å². The lowest BCUT2D eigenvalue weighted by Crippen LogP contribution is -2.33. The number of aromatic nitrogens is 2. The number of nitrogens with one attached hydrogen (secondary N) is 1. The predicted molar refractivity (Wildman–Crippen MR) is 163 cm³/mol. The van der Waals surface area contributed by atoms with Crippen molar-refractivity contribution in [1.29, 1.82) is 0 Å². The predicted octanol–water partition coefficient (Wildman–Crippen LogP) is 9.92. The van der Waals surface area contributed by atoms with Gasteiger partial charge in [-0.3, -0.25) is 0 Å². The number of fused-ring (bicyclic) bond motifs is 9. The van der Waals surface area contributed by atoms with Gasteiger partial charge in [0.1, 0.15) is 0 Å². The number of hydrogen-bond acceptors (Lipinski definition) is 0. The largest absolute Gasteiger partial charge is 0.354 e. The van der Waals surface area contributed by atoms with Gasteiger partial charge in [0, 0.05) is 38.3 Å². The average molecular weight is 493 g/mol. The maximum atomic E-state index is 3.75. The summed E-state index contributed by atoms with van der Waals surface area (Å²) >= 11 is 0. The van der Waals surface area contributed by atoms with Crippen molar-refractivity contribution in [3.05, 3.63) is 102 Å². The Balaban J connectivity index is 1.57. The fraction of sp³-hybridized carbons (Fsp3) is 0.222. The second-order valence-electron chi connectivity index (χ2n) is 12.6. The molecule has 5 aromatic carbocycles. The lowest BCUT2D eigenvalue weighted by atomic mass is 9.63. The molecular weight excluding hydrogens is 460 g/mol.